The van der Waals surface area contributed by atoms with E-state index in [1.165, 1.54) is 11.8 Å². The van der Waals surface area contributed by atoms with Crippen LogP contribution in [-0.2, 0) is 16.1 Å². The smallest absolute Gasteiger partial charge is 0.233 e. The zero-order valence-electron chi connectivity index (χ0n) is 19.1. The van der Waals surface area contributed by atoms with Gasteiger partial charge < -0.3 is 15.0 Å². The summed E-state index contributed by atoms with van der Waals surface area (Å²) in [5.74, 6) is 1.35. The number of carbonyl (C=O) groups is 1. The van der Waals surface area contributed by atoms with E-state index in [2.05, 4.69) is 57.9 Å². The van der Waals surface area contributed by atoms with Crippen LogP contribution in [-0.4, -0.2) is 52.2 Å². The van der Waals surface area contributed by atoms with E-state index in [0.29, 0.717) is 19.1 Å². The summed E-state index contributed by atoms with van der Waals surface area (Å²) in [7, 11) is 0. The van der Waals surface area contributed by atoms with Crippen LogP contribution in [0, 0.1) is 5.92 Å². The Morgan fingerprint density at radius 1 is 1.16 bits per heavy atom. The predicted molar refractivity (Wildman–Crippen MR) is 125 cm³/mol. The molecule has 170 valence electrons. The molecule has 1 N–H and O–H groups in total. The van der Waals surface area contributed by atoms with Crippen LogP contribution >= 0.6 is 11.8 Å². The number of nitrogens with one attached hydrogen (secondary N) is 1. The highest BCUT2D eigenvalue weighted by molar-refractivity contribution is 8.00. The van der Waals surface area contributed by atoms with Crippen molar-refractivity contribution in [3.63, 3.8) is 0 Å². The van der Waals surface area contributed by atoms with Crippen LogP contribution in [0.4, 0.5) is 5.95 Å². The molecule has 31 heavy (non-hydrogen) atoms. The van der Waals surface area contributed by atoms with Gasteiger partial charge in [0.2, 0.25) is 11.9 Å². The van der Waals surface area contributed by atoms with Crippen LogP contribution in [0.15, 0.2) is 35.5 Å². The molecule has 0 radical (unpaired) electrons. The summed E-state index contributed by atoms with van der Waals surface area (Å²) in [6.45, 7) is 12.3. The van der Waals surface area contributed by atoms with E-state index in [4.69, 9.17) is 4.74 Å². The van der Waals surface area contributed by atoms with E-state index in [-0.39, 0.29) is 17.2 Å². The second-order valence-electron chi connectivity index (χ2n) is 8.41. The second-order valence-corrected chi connectivity index (χ2v) is 9.72. The van der Waals surface area contributed by atoms with Crippen LogP contribution in [0.2, 0.25) is 0 Å². The third kappa shape index (κ3) is 6.46. The predicted octanol–water partition coefficient (Wildman–Crippen LogP) is 3.91. The molecule has 0 aliphatic carbocycles. The van der Waals surface area contributed by atoms with Crippen molar-refractivity contribution in [2.24, 2.45) is 5.92 Å². The first kappa shape index (κ1) is 23.6. The molecule has 2 heterocycles. The quantitative estimate of drug-likeness (QED) is 0.559. The van der Waals surface area contributed by atoms with Gasteiger partial charge in [0.25, 0.3) is 0 Å². The first-order valence-electron chi connectivity index (χ1n) is 11.3. The molecule has 1 aliphatic heterocycles. The topological polar surface area (TPSA) is 72.3 Å². The van der Waals surface area contributed by atoms with Crippen LogP contribution < -0.4 is 10.2 Å². The third-order valence-corrected chi connectivity index (χ3v) is 6.37. The summed E-state index contributed by atoms with van der Waals surface area (Å²) < 4.78 is 7.64. The van der Waals surface area contributed by atoms with Crippen molar-refractivity contribution in [3.8, 4) is 0 Å². The molecule has 1 amide bonds. The van der Waals surface area contributed by atoms with Gasteiger partial charge >= 0.3 is 0 Å². The van der Waals surface area contributed by atoms with E-state index < -0.39 is 0 Å². The van der Waals surface area contributed by atoms with Gasteiger partial charge in [-0.1, -0.05) is 69.3 Å². The van der Waals surface area contributed by atoms with Gasteiger partial charge in [-0.25, -0.2) is 0 Å². The van der Waals surface area contributed by atoms with Crippen molar-refractivity contribution in [1.29, 1.82) is 0 Å². The van der Waals surface area contributed by atoms with E-state index in [9.17, 15) is 4.79 Å². The Balaban J connectivity index is 1.71. The number of rotatable bonds is 10. The normalized spacial score (nSPS) is 16.4. The first-order valence-corrected chi connectivity index (χ1v) is 12.2. The number of morpholine rings is 1. The van der Waals surface area contributed by atoms with Gasteiger partial charge in [0, 0.05) is 19.6 Å². The van der Waals surface area contributed by atoms with Crippen molar-refractivity contribution in [3.05, 3.63) is 35.9 Å². The maximum absolute atomic E-state index is 13.0. The maximum Gasteiger partial charge on any atom is 0.233 e. The van der Waals surface area contributed by atoms with E-state index in [1.807, 2.05) is 25.1 Å². The fraction of sp³-hybridized carbons (Fsp3) is 0.609. The number of nitrogens with zero attached hydrogens (tertiary/aromatic N) is 4. The number of hydrogen-bond acceptors (Lipinski definition) is 6. The number of benzene rings is 1. The summed E-state index contributed by atoms with van der Waals surface area (Å²) in [6, 6.07) is 10.2. The van der Waals surface area contributed by atoms with E-state index in [0.717, 1.165) is 49.1 Å². The molecule has 8 heteroatoms. The molecule has 2 aromatic rings. The average molecular weight is 446 g/mol. The monoisotopic (exact) mass is 445 g/mol. The Hall–Kier alpha value is -2.06. The van der Waals surface area contributed by atoms with Crippen LogP contribution in [0.25, 0.3) is 0 Å². The summed E-state index contributed by atoms with van der Waals surface area (Å²) in [5.41, 5.74) is 1.15. The Bertz CT molecular complexity index is 821. The number of ether oxygens (including phenoxy) is 1. The highest BCUT2D eigenvalue weighted by Crippen LogP contribution is 2.28. The van der Waals surface area contributed by atoms with Gasteiger partial charge in [-0.3, -0.25) is 9.36 Å². The molecule has 7 nitrogen and oxygen atoms in total. The molecule has 1 aromatic heterocycles. The Morgan fingerprint density at radius 2 is 1.87 bits per heavy atom. The van der Waals surface area contributed by atoms with Crippen LogP contribution in [0.3, 0.4) is 0 Å². The Morgan fingerprint density at radius 3 is 2.52 bits per heavy atom. The van der Waals surface area contributed by atoms with Gasteiger partial charge in [-0.05, 0) is 24.8 Å². The number of aromatic nitrogens is 3. The largest absolute Gasteiger partial charge is 0.378 e. The van der Waals surface area contributed by atoms with Crippen molar-refractivity contribution in [2.45, 2.75) is 63.5 Å². The minimum absolute atomic E-state index is 0.0270. The van der Waals surface area contributed by atoms with Crippen LogP contribution in [0.1, 0.15) is 52.1 Å². The standard InChI is InChI=1S/C23H35N5O2S/c1-5-9-20(19-10-7-6-8-11-19)24-21(29)18(4)31-23-26-25-22(28(23)16-17(2)3)27-12-14-30-15-13-27/h6-8,10-11,17-18,20H,5,9,12-16H2,1-4H3,(H,24,29)/t18-,20+/m1/s1. The number of amides is 1. The summed E-state index contributed by atoms with van der Waals surface area (Å²) in [6.07, 6.45) is 1.92. The molecule has 3 rings (SSSR count). The van der Waals surface area contributed by atoms with Crippen LogP contribution in [0.5, 0.6) is 0 Å². The lowest BCUT2D eigenvalue weighted by Crippen LogP contribution is -2.38. The lowest BCUT2D eigenvalue weighted by molar-refractivity contribution is -0.121. The number of carbonyl (C=O) groups excluding carboxylic acids is 1. The second kappa shape index (κ2) is 11.5. The zero-order valence-corrected chi connectivity index (χ0v) is 19.9. The van der Waals surface area contributed by atoms with E-state index in [1.54, 1.807) is 0 Å². The molecule has 0 bridgehead atoms. The highest BCUT2D eigenvalue weighted by atomic mass is 32.2. The lowest BCUT2D eigenvalue weighted by Gasteiger charge is -2.28. The zero-order chi connectivity index (χ0) is 22.2. The molecular formula is C23H35N5O2S. The molecule has 1 saturated heterocycles. The molecule has 1 fully saturated rings. The summed E-state index contributed by atoms with van der Waals surface area (Å²) in [4.78, 5) is 15.3. The summed E-state index contributed by atoms with van der Waals surface area (Å²) in [5, 5.41) is 12.7. The fourth-order valence-corrected chi connectivity index (χ4v) is 4.55. The molecule has 1 aliphatic rings. The Labute approximate surface area is 189 Å². The summed E-state index contributed by atoms with van der Waals surface area (Å²) >= 11 is 1.48. The van der Waals surface area contributed by atoms with Gasteiger partial charge in [-0.2, -0.15) is 0 Å². The van der Waals surface area contributed by atoms with Gasteiger partial charge in [-0.15, -0.1) is 10.2 Å². The molecule has 1 aromatic carbocycles. The van der Waals surface area contributed by atoms with Crippen molar-refractivity contribution in [2.75, 3.05) is 31.2 Å². The SMILES string of the molecule is CCC[C@H](NC(=O)[C@@H](C)Sc1nnc(N2CCOCC2)n1CC(C)C)c1ccccc1. The van der Waals surface area contributed by atoms with Gasteiger partial charge in [0.15, 0.2) is 5.16 Å². The molecule has 0 saturated carbocycles. The van der Waals surface area contributed by atoms with Gasteiger partial charge in [0.1, 0.15) is 0 Å². The van der Waals surface area contributed by atoms with E-state index >= 15 is 0 Å². The molecule has 0 unspecified atom stereocenters. The number of thioether (sulfide) groups is 1. The molecular weight excluding hydrogens is 410 g/mol. The van der Waals surface area contributed by atoms with Gasteiger partial charge in [0.05, 0.1) is 24.5 Å². The average Bonchev–Trinajstić information content (AvgIpc) is 3.16. The Kier molecular flexibility index (Phi) is 8.78. The number of anilines is 1. The van der Waals surface area contributed by atoms with Crippen molar-refractivity contribution >= 4 is 23.6 Å². The molecule has 2 atom stereocenters. The minimum atomic E-state index is -0.268. The first-order chi connectivity index (χ1) is 15.0. The number of hydrogen-bond donors (Lipinski definition) is 1. The maximum atomic E-state index is 13.0. The lowest BCUT2D eigenvalue weighted by atomic mass is 10.0. The fourth-order valence-electron chi connectivity index (χ4n) is 3.69. The third-order valence-electron chi connectivity index (χ3n) is 5.29. The van der Waals surface area contributed by atoms with Crippen molar-refractivity contribution < 1.29 is 9.53 Å². The molecule has 0 spiro atoms. The highest BCUT2D eigenvalue weighted by Gasteiger charge is 2.25. The minimum Gasteiger partial charge on any atom is -0.378 e. The van der Waals surface area contributed by atoms with Crippen molar-refractivity contribution in [1.82, 2.24) is 20.1 Å².